The van der Waals surface area contributed by atoms with Gasteiger partial charge in [0.25, 0.3) is 0 Å². The molecule has 30 heavy (non-hydrogen) atoms. The molecule has 1 amide bonds. The minimum absolute atomic E-state index is 0.246. The maximum Gasteiger partial charge on any atom is 0.407 e. The Kier molecular flexibility index (Phi) is 9.41. The molecule has 2 fully saturated rings. The maximum absolute atomic E-state index is 11.8. The third kappa shape index (κ3) is 6.93. The van der Waals surface area contributed by atoms with E-state index in [0.717, 1.165) is 70.0 Å². The lowest BCUT2D eigenvalue weighted by Gasteiger charge is -2.37. The number of hydrogen-bond donors (Lipinski definition) is 1. The molecule has 0 atom stereocenters. The van der Waals surface area contributed by atoms with Crippen LogP contribution in [-0.4, -0.2) is 56.4 Å². The number of halogens is 2. The Balaban J connectivity index is 1.31. The number of unbranched alkanes of at least 4 members (excludes halogenated alkanes) is 1. The van der Waals surface area contributed by atoms with Crippen LogP contribution in [0.15, 0.2) is 18.2 Å². The Labute approximate surface area is 191 Å². The predicted octanol–water partition coefficient (Wildman–Crippen LogP) is 5.59. The summed E-state index contributed by atoms with van der Waals surface area (Å²) < 4.78 is 5.22. The lowest BCUT2D eigenvalue weighted by molar-refractivity contribution is 0.134. The SMILES string of the molecule is CCCCOC(=O)NC1CCC(CCN2CCN(c3cccc(Cl)c3Cl)CC2)CC1. The summed E-state index contributed by atoms with van der Waals surface area (Å²) in [7, 11) is 0. The average molecular weight is 456 g/mol. The van der Waals surface area contributed by atoms with Gasteiger partial charge < -0.3 is 15.0 Å². The Morgan fingerprint density at radius 1 is 1.13 bits per heavy atom. The van der Waals surface area contributed by atoms with Crippen molar-refractivity contribution in [2.24, 2.45) is 5.92 Å². The molecular formula is C23H35Cl2N3O2. The molecule has 0 spiro atoms. The van der Waals surface area contributed by atoms with Crippen LogP contribution in [0.3, 0.4) is 0 Å². The molecule has 1 heterocycles. The Bertz CT molecular complexity index is 672. The van der Waals surface area contributed by atoms with Crippen molar-refractivity contribution in [1.82, 2.24) is 10.2 Å². The van der Waals surface area contributed by atoms with Gasteiger partial charge in [-0.1, -0.05) is 42.6 Å². The molecule has 1 aromatic carbocycles. The van der Waals surface area contributed by atoms with Crippen LogP contribution in [0.4, 0.5) is 10.5 Å². The fourth-order valence-corrected chi connectivity index (χ4v) is 4.84. The van der Waals surface area contributed by atoms with E-state index in [1.165, 1.54) is 19.3 Å². The molecule has 1 N–H and O–H groups in total. The number of ether oxygens (including phenoxy) is 1. The van der Waals surface area contributed by atoms with E-state index in [9.17, 15) is 4.79 Å². The molecule has 1 aliphatic carbocycles. The highest BCUT2D eigenvalue weighted by Gasteiger charge is 2.24. The Morgan fingerprint density at radius 2 is 1.87 bits per heavy atom. The van der Waals surface area contributed by atoms with Gasteiger partial charge in [0.1, 0.15) is 0 Å². The summed E-state index contributed by atoms with van der Waals surface area (Å²) >= 11 is 12.5. The topological polar surface area (TPSA) is 44.8 Å². The molecule has 0 bridgehead atoms. The molecule has 2 aliphatic rings. The number of anilines is 1. The summed E-state index contributed by atoms with van der Waals surface area (Å²) in [5.74, 6) is 0.763. The number of alkyl carbamates (subject to hydrolysis) is 1. The monoisotopic (exact) mass is 455 g/mol. The van der Waals surface area contributed by atoms with Crippen molar-refractivity contribution in [3.63, 3.8) is 0 Å². The molecule has 3 rings (SSSR count). The van der Waals surface area contributed by atoms with E-state index >= 15 is 0 Å². The van der Waals surface area contributed by atoms with Crippen LogP contribution < -0.4 is 10.2 Å². The summed E-state index contributed by atoms with van der Waals surface area (Å²) in [4.78, 5) is 16.7. The number of hydrogen-bond acceptors (Lipinski definition) is 4. The summed E-state index contributed by atoms with van der Waals surface area (Å²) in [6.45, 7) is 7.85. The van der Waals surface area contributed by atoms with Crippen molar-refractivity contribution in [2.75, 3.05) is 44.2 Å². The van der Waals surface area contributed by atoms with Crippen LogP contribution in [0.1, 0.15) is 51.9 Å². The van der Waals surface area contributed by atoms with Gasteiger partial charge in [-0.25, -0.2) is 4.79 Å². The highest BCUT2D eigenvalue weighted by Crippen LogP contribution is 2.33. The highest BCUT2D eigenvalue weighted by atomic mass is 35.5. The van der Waals surface area contributed by atoms with E-state index in [2.05, 4.69) is 28.1 Å². The van der Waals surface area contributed by atoms with E-state index in [1.807, 2.05) is 12.1 Å². The first-order valence-electron chi connectivity index (χ1n) is 11.4. The highest BCUT2D eigenvalue weighted by molar-refractivity contribution is 6.43. The van der Waals surface area contributed by atoms with Crippen LogP contribution in [0, 0.1) is 5.92 Å². The van der Waals surface area contributed by atoms with Crippen LogP contribution in [0.25, 0.3) is 0 Å². The molecule has 0 unspecified atom stereocenters. The first-order chi connectivity index (χ1) is 14.6. The molecule has 168 valence electrons. The second-order valence-corrected chi connectivity index (χ2v) is 9.33. The van der Waals surface area contributed by atoms with E-state index in [1.54, 1.807) is 0 Å². The molecule has 0 radical (unpaired) electrons. The van der Waals surface area contributed by atoms with Gasteiger partial charge in [0.05, 0.1) is 22.3 Å². The van der Waals surface area contributed by atoms with Gasteiger partial charge in [-0.3, -0.25) is 4.90 Å². The normalized spacial score (nSPS) is 22.7. The largest absolute Gasteiger partial charge is 0.450 e. The zero-order valence-electron chi connectivity index (χ0n) is 18.0. The van der Waals surface area contributed by atoms with Crippen molar-refractivity contribution in [1.29, 1.82) is 0 Å². The van der Waals surface area contributed by atoms with Gasteiger partial charge in [-0.15, -0.1) is 0 Å². The lowest BCUT2D eigenvalue weighted by Crippen LogP contribution is -2.47. The third-order valence-corrected chi connectivity index (χ3v) is 7.21. The first kappa shape index (κ1) is 23.5. The molecule has 7 heteroatoms. The van der Waals surface area contributed by atoms with Crippen molar-refractivity contribution >= 4 is 35.0 Å². The average Bonchev–Trinajstić information content (AvgIpc) is 2.76. The molecule has 1 saturated heterocycles. The van der Waals surface area contributed by atoms with Crippen LogP contribution in [0.2, 0.25) is 10.0 Å². The lowest BCUT2D eigenvalue weighted by atomic mass is 9.84. The smallest absolute Gasteiger partial charge is 0.407 e. The quantitative estimate of drug-likeness (QED) is 0.518. The number of nitrogens with one attached hydrogen (secondary N) is 1. The van der Waals surface area contributed by atoms with Gasteiger partial charge in [-0.05, 0) is 63.1 Å². The number of carbonyl (C=O) groups is 1. The van der Waals surface area contributed by atoms with Gasteiger partial charge in [0.15, 0.2) is 0 Å². The van der Waals surface area contributed by atoms with Gasteiger partial charge in [-0.2, -0.15) is 0 Å². The number of benzene rings is 1. The summed E-state index contributed by atoms with van der Waals surface area (Å²) in [6, 6.07) is 6.13. The zero-order valence-corrected chi connectivity index (χ0v) is 19.6. The van der Waals surface area contributed by atoms with Crippen molar-refractivity contribution in [3.05, 3.63) is 28.2 Å². The van der Waals surface area contributed by atoms with E-state index < -0.39 is 0 Å². The second-order valence-electron chi connectivity index (χ2n) is 8.54. The summed E-state index contributed by atoms with van der Waals surface area (Å²) in [5, 5.41) is 4.32. The molecule has 0 aromatic heterocycles. The van der Waals surface area contributed by atoms with Crippen molar-refractivity contribution in [3.8, 4) is 0 Å². The minimum atomic E-state index is -0.246. The molecular weight excluding hydrogens is 421 g/mol. The summed E-state index contributed by atoms with van der Waals surface area (Å²) in [5.41, 5.74) is 1.04. The zero-order chi connectivity index (χ0) is 21.3. The van der Waals surface area contributed by atoms with Crippen LogP contribution in [-0.2, 0) is 4.74 Å². The Hall–Kier alpha value is -1.17. The van der Waals surface area contributed by atoms with Crippen LogP contribution >= 0.6 is 23.2 Å². The fraction of sp³-hybridized carbons (Fsp3) is 0.696. The molecule has 1 aromatic rings. The fourth-order valence-electron chi connectivity index (χ4n) is 4.43. The van der Waals surface area contributed by atoms with Crippen molar-refractivity contribution in [2.45, 2.75) is 57.9 Å². The molecule has 5 nitrogen and oxygen atoms in total. The van der Waals surface area contributed by atoms with Crippen molar-refractivity contribution < 1.29 is 9.53 Å². The number of nitrogens with zero attached hydrogens (tertiary/aromatic N) is 2. The molecule has 1 aliphatic heterocycles. The standard InChI is InChI=1S/C23H35Cl2N3O2/c1-2-3-17-30-23(29)26-19-9-7-18(8-10-19)11-12-27-13-15-28(16-14-27)21-6-4-5-20(24)22(21)25/h4-6,18-19H,2-3,7-17H2,1H3,(H,26,29). The van der Waals surface area contributed by atoms with E-state index in [-0.39, 0.29) is 12.1 Å². The van der Waals surface area contributed by atoms with E-state index in [0.29, 0.717) is 16.7 Å². The third-order valence-electron chi connectivity index (χ3n) is 6.40. The predicted molar refractivity (Wildman–Crippen MR) is 125 cm³/mol. The van der Waals surface area contributed by atoms with E-state index in [4.69, 9.17) is 27.9 Å². The second kappa shape index (κ2) is 12.0. The van der Waals surface area contributed by atoms with Gasteiger partial charge in [0.2, 0.25) is 0 Å². The summed E-state index contributed by atoms with van der Waals surface area (Å²) in [6.07, 6.45) is 7.48. The van der Waals surface area contributed by atoms with Gasteiger partial charge in [0, 0.05) is 32.2 Å². The Morgan fingerprint density at radius 3 is 2.57 bits per heavy atom. The number of piperazine rings is 1. The number of rotatable bonds is 8. The number of carbonyl (C=O) groups excluding carboxylic acids is 1. The maximum atomic E-state index is 11.8. The van der Waals surface area contributed by atoms with Gasteiger partial charge >= 0.3 is 6.09 Å². The number of amides is 1. The van der Waals surface area contributed by atoms with Crippen LogP contribution in [0.5, 0.6) is 0 Å². The minimum Gasteiger partial charge on any atom is -0.450 e. The molecule has 1 saturated carbocycles. The first-order valence-corrected chi connectivity index (χ1v) is 12.2.